The molecule has 2 nitrogen and oxygen atoms in total. The van der Waals surface area contributed by atoms with Crippen molar-refractivity contribution in [2.75, 3.05) is 11.5 Å². The highest BCUT2D eigenvalue weighted by molar-refractivity contribution is 9.09. The first-order valence-corrected chi connectivity index (χ1v) is 8.67. The summed E-state index contributed by atoms with van der Waals surface area (Å²) in [5, 5.41) is 0.748. The number of alkyl halides is 1. The number of benzene rings is 1. The average molecular weight is 338 g/mol. The summed E-state index contributed by atoms with van der Waals surface area (Å²) >= 11 is 9.70. The van der Waals surface area contributed by atoms with E-state index in [4.69, 9.17) is 11.6 Å². The highest BCUT2D eigenvalue weighted by atomic mass is 79.9. The second-order valence-electron chi connectivity index (χ2n) is 4.47. The molecule has 0 saturated carbocycles. The smallest absolute Gasteiger partial charge is 0.150 e. The van der Waals surface area contributed by atoms with Gasteiger partial charge in [0.1, 0.15) is 0 Å². The van der Waals surface area contributed by atoms with Gasteiger partial charge in [0, 0.05) is 9.85 Å². The summed E-state index contributed by atoms with van der Waals surface area (Å²) in [4.78, 5) is 0.180. The van der Waals surface area contributed by atoms with Crippen LogP contribution in [0.1, 0.15) is 12.0 Å². The van der Waals surface area contributed by atoms with E-state index in [2.05, 4.69) is 15.9 Å². The van der Waals surface area contributed by atoms with Crippen LogP contribution in [0.2, 0.25) is 5.02 Å². The third-order valence-corrected chi connectivity index (χ3v) is 6.39. The molecular formula is C12H14BrClO2S. The molecule has 1 aliphatic rings. The second kappa shape index (κ2) is 5.29. The quantitative estimate of drug-likeness (QED) is 0.794. The molecule has 1 aliphatic heterocycles. The summed E-state index contributed by atoms with van der Waals surface area (Å²) in [5.41, 5.74) is 1.07. The zero-order valence-electron chi connectivity index (χ0n) is 9.27. The van der Waals surface area contributed by atoms with Crippen LogP contribution >= 0.6 is 27.5 Å². The van der Waals surface area contributed by atoms with E-state index in [1.54, 1.807) is 0 Å². The lowest BCUT2D eigenvalue weighted by Crippen LogP contribution is -2.18. The molecule has 0 bridgehead atoms. The minimum atomic E-state index is -2.81. The standard InChI is InChI=1S/C12H14BrClO2S/c13-11(10-5-6-17(15,16)8-10)7-9-3-1-2-4-12(9)14/h1-4,10-11H,5-8H2. The SMILES string of the molecule is O=S1(=O)CCC(C(Br)Cc2ccccc2Cl)C1. The van der Waals surface area contributed by atoms with E-state index in [0.717, 1.165) is 23.4 Å². The van der Waals surface area contributed by atoms with Gasteiger partial charge in [0.25, 0.3) is 0 Å². The number of rotatable bonds is 3. The van der Waals surface area contributed by atoms with Crippen LogP contribution in [0.4, 0.5) is 0 Å². The summed E-state index contributed by atoms with van der Waals surface area (Å²) in [6.07, 6.45) is 1.53. The van der Waals surface area contributed by atoms with Gasteiger partial charge in [-0.05, 0) is 30.4 Å². The predicted molar refractivity (Wildman–Crippen MR) is 74.6 cm³/mol. The van der Waals surface area contributed by atoms with E-state index in [1.165, 1.54) is 0 Å². The highest BCUT2D eigenvalue weighted by Crippen LogP contribution is 2.30. The number of halogens is 2. The number of hydrogen-bond donors (Lipinski definition) is 0. The molecule has 2 atom stereocenters. The molecule has 2 rings (SSSR count). The summed E-state index contributed by atoms with van der Waals surface area (Å²) in [7, 11) is -2.81. The summed E-state index contributed by atoms with van der Waals surface area (Å²) in [6.45, 7) is 0. The Bertz CT molecular complexity index is 501. The topological polar surface area (TPSA) is 34.1 Å². The van der Waals surface area contributed by atoms with Crippen LogP contribution in [0, 0.1) is 5.92 Å². The van der Waals surface area contributed by atoms with Crippen LogP contribution in [0.15, 0.2) is 24.3 Å². The molecule has 0 aromatic heterocycles. The molecule has 0 amide bonds. The van der Waals surface area contributed by atoms with Gasteiger partial charge < -0.3 is 0 Å². The third-order valence-electron chi connectivity index (χ3n) is 3.15. The maximum Gasteiger partial charge on any atom is 0.150 e. The molecule has 17 heavy (non-hydrogen) atoms. The summed E-state index contributed by atoms with van der Waals surface area (Å²) in [5.74, 6) is 0.826. The fourth-order valence-corrected chi connectivity index (χ4v) is 5.29. The Morgan fingerprint density at radius 2 is 2.12 bits per heavy atom. The maximum atomic E-state index is 11.4. The van der Waals surface area contributed by atoms with E-state index in [1.807, 2.05) is 24.3 Å². The van der Waals surface area contributed by atoms with Crippen molar-refractivity contribution in [2.24, 2.45) is 5.92 Å². The number of sulfone groups is 1. The Labute approximate surface area is 115 Å². The zero-order chi connectivity index (χ0) is 12.5. The molecule has 1 aromatic rings. The Balaban J connectivity index is 2.03. The first kappa shape index (κ1) is 13.4. The van der Waals surface area contributed by atoms with E-state index in [0.29, 0.717) is 11.5 Å². The van der Waals surface area contributed by atoms with E-state index < -0.39 is 9.84 Å². The molecular weight excluding hydrogens is 324 g/mol. The van der Waals surface area contributed by atoms with Gasteiger partial charge >= 0.3 is 0 Å². The Kier molecular flexibility index (Phi) is 4.16. The molecule has 1 aromatic carbocycles. The van der Waals surface area contributed by atoms with E-state index in [9.17, 15) is 8.42 Å². The van der Waals surface area contributed by atoms with Gasteiger partial charge in [-0.15, -0.1) is 0 Å². The van der Waals surface area contributed by atoms with Crippen LogP contribution < -0.4 is 0 Å². The molecule has 0 aliphatic carbocycles. The Hall–Kier alpha value is -0.0600. The molecule has 2 unspecified atom stereocenters. The monoisotopic (exact) mass is 336 g/mol. The van der Waals surface area contributed by atoms with Gasteiger partial charge in [0.2, 0.25) is 0 Å². The van der Waals surface area contributed by atoms with Crippen LogP contribution in [0.5, 0.6) is 0 Å². The third kappa shape index (κ3) is 3.46. The van der Waals surface area contributed by atoms with Gasteiger partial charge in [-0.25, -0.2) is 8.42 Å². The molecule has 1 fully saturated rings. The second-order valence-corrected chi connectivity index (χ2v) is 8.29. The van der Waals surface area contributed by atoms with Crippen LogP contribution in [0.3, 0.4) is 0 Å². The van der Waals surface area contributed by atoms with Gasteiger partial charge in [-0.1, -0.05) is 45.7 Å². The minimum absolute atomic E-state index is 0.180. The average Bonchev–Trinajstić information content (AvgIpc) is 2.62. The Morgan fingerprint density at radius 3 is 2.71 bits per heavy atom. The first-order chi connectivity index (χ1) is 7.98. The van der Waals surface area contributed by atoms with Crippen LogP contribution in [0.25, 0.3) is 0 Å². The van der Waals surface area contributed by atoms with Gasteiger partial charge in [0.15, 0.2) is 9.84 Å². The largest absolute Gasteiger partial charge is 0.229 e. The van der Waals surface area contributed by atoms with Crippen molar-refractivity contribution in [3.05, 3.63) is 34.9 Å². The highest BCUT2D eigenvalue weighted by Gasteiger charge is 2.32. The molecule has 0 radical (unpaired) electrons. The fourth-order valence-electron chi connectivity index (χ4n) is 2.15. The van der Waals surface area contributed by atoms with Crippen molar-refractivity contribution in [1.29, 1.82) is 0 Å². The normalized spacial score (nSPS) is 24.7. The van der Waals surface area contributed by atoms with Crippen LogP contribution in [-0.2, 0) is 16.3 Å². The molecule has 0 N–H and O–H groups in total. The van der Waals surface area contributed by atoms with Crippen molar-refractivity contribution in [3.63, 3.8) is 0 Å². The predicted octanol–water partition coefficient (Wildman–Crippen LogP) is 3.08. The van der Waals surface area contributed by atoms with E-state index >= 15 is 0 Å². The lowest BCUT2D eigenvalue weighted by molar-refractivity contribution is 0.563. The maximum absolute atomic E-state index is 11.4. The molecule has 1 heterocycles. The molecule has 1 saturated heterocycles. The van der Waals surface area contributed by atoms with Gasteiger partial charge in [0.05, 0.1) is 11.5 Å². The van der Waals surface area contributed by atoms with Crippen molar-refractivity contribution in [2.45, 2.75) is 17.7 Å². The van der Waals surface area contributed by atoms with Gasteiger partial charge in [-0.3, -0.25) is 0 Å². The van der Waals surface area contributed by atoms with Crippen molar-refractivity contribution in [1.82, 2.24) is 0 Å². The molecule has 94 valence electrons. The zero-order valence-corrected chi connectivity index (χ0v) is 12.4. The summed E-state index contributed by atoms with van der Waals surface area (Å²) in [6, 6.07) is 7.70. The van der Waals surface area contributed by atoms with Crippen molar-refractivity contribution < 1.29 is 8.42 Å². The molecule has 0 spiro atoms. The fraction of sp³-hybridized carbons (Fsp3) is 0.500. The lowest BCUT2D eigenvalue weighted by atomic mass is 9.99. The minimum Gasteiger partial charge on any atom is -0.229 e. The van der Waals surface area contributed by atoms with Crippen LogP contribution in [-0.4, -0.2) is 24.8 Å². The molecule has 5 heteroatoms. The first-order valence-electron chi connectivity index (χ1n) is 5.56. The van der Waals surface area contributed by atoms with Crippen molar-refractivity contribution in [3.8, 4) is 0 Å². The Morgan fingerprint density at radius 1 is 1.41 bits per heavy atom. The van der Waals surface area contributed by atoms with E-state index in [-0.39, 0.29) is 10.7 Å². The number of hydrogen-bond acceptors (Lipinski definition) is 2. The van der Waals surface area contributed by atoms with Crippen molar-refractivity contribution >= 4 is 37.4 Å². The van der Waals surface area contributed by atoms with Gasteiger partial charge in [-0.2, -0.15) is 0 Å². The lowest BCUT2D eigenvalue weighted by Gasteiger charge is -2.16. The summed E-state index contributed by atoms with van der Waals surface area (Å²) < 4.78 is 22.8.